The molecule has 0 saturated heterocycles. The molecule has 3 aromatic carbocycles. The lowest BCUT2D eigenvalue weighted by Gasteiger charge is -2.16. The Kier molecular flexibility index (Phi) is 8.48. The first-order valence-corrected chi connectivity index (χ1v) is 13.0. The Hall–Kier alpha value is -4.10. The highest BCUT2D eigenvalue weighted by Crippen LogP contribution is 2.30. The Morgan fingerprint density at radius 2 is 1.76 bits per heavy atom. The van der Waals surface area contributed by atoms with E-state index in [9.17, 15) is 9.59 Å². The van der Waals surface area contributed by atoms with E-state index in [-0.39, 0.29) is 23.4 Å². The summed E-state index contributed by atoms with van der Waals surface area (Å²) in [6, 6.07) is 21.6. The molecule has 0 spiro atoms. The van der Waals surface area contributed by atoms with Gasteiger partial charge in [0, 0.05) is 22.3 Å². The second-order valence-electron chi connectivity index (χ2n) is 9.40. The molecule has 0 bridgehead atoms. The smallest absolute Gasteiger partial charge is 0.299 e. The SMILES string of the molecule is CC[C@H](C)NC(=O)c1cccc(Nc2c(Oc3ccc(C(C)C)cc3)cnn(-c3cccc(Cl)c3)c2=O)c1. The van der Waals surface area contributed by atoms with Crippen LogP contribution in [0.1, 0.15) is 56.0 Å². The summed E-state index contributed by atoms with van der Waals surface area (Å²) in [5.41, 5.74) is 2.47. The predicted molar refractivity (Wildman–Crippen MR) is 152 cm³/mol. The second kappa shape index (κ2) is 12.0. The lowest BCUT2D eigenvalue weighted by atomic mass is 10.0. The fourth-order valence-electron chi connectivity index (χ4n) is 3.76. The Labute approximate surface area is 227 Å². The van der Waals surface area contributed by atoms with Crippen LogP contribution in [0.4, 0.5) is 11.4 Å². The Bertz CT molecular complexity index is 1480. The first-order valence-electron chi connectivity index (χ1n) is 12.6. The summed E-state index contributed by atoms with van der Waals surface area (Å²) in [6.45, 7) is 8.20. The average molecular weight is 531 g/mol. The zero-order chi connectivity index (χ0) is 27.2. The van der Waals surface area contributed by atoms with Gasteiger partial charge in [0.2, 0.25) is 0 Å². The number of carbonyl (C=O) groups excluding carboxylic acids is 1. The predicted octanol–water partition coefficient (Wildman–Crippen LogP) is 7.07. The third-order valence-electron chi connectivity index (χ3n) is 6.15. The van der Waals surface area contributed by atoms with Crippen LogP contribution in [-0.4, -0.2) is 21.7 Å². The molecule has 4 aromatic rings. The third-order valence-corrected chi connectivity index (χ3v) is 6.39. The molecular weight excluding hydrogens is 500 g/mol. The molecule has 7 nitrogen and oxygen atoms in total. The highest BCUT2D eigenvalue weighted by Gasteiger charge is 2.17. The topological polar surface area (TPSA) is 85.2 Å². The molecule has 1 amide bonds. The van der Waals surface area contributed by atoms with Gasteiger partial charge in [-0.25, -0.2) is 0 Å². The number of rotatable bonds is 9. The van der Waals surface area contributed by atoms with Crippen LogP contribution in [0.15, 0.2) is 83.8 Å². The van der Waals surface area contributed by atoms with Crippen LogP contribution in [0.5, 0.6) is 11.5 Å². The van der Waals surface area contributed by atoms with Gasteiger partial charge in [-0.2, -0.15) is 9.78 Å². The van der Waals surface area contributed by atoms with Crippen molar-refractivity contribution in [3.05, 3.63) is 105 Å². The van der Waals surface area contributed by atoms with Crippen LogP contribution in [0.3, 0.4) is 0 Å². The quantitative estimate of drug-likeness (QED) is 0.241. The summed E-state index contributed by atoms with van der Waals surface area (Å²) < 4.78 is 7.37. The number of nitrogens with one attached hydrogen (secondary N) is 2. The van der Waals surface area contributed by atoms with Crippen molar-refractivity contribution in [3.63, 3.8) is 0 Å². The van der Waals surface area contributed by atoms with Gasteiger partial charge in [-0.1, -0.05) is 56.6 Å². The van der Waals surface area contributed by atoms with Gasteiger partial charge >= 0.3 is 0 Å². The normalized spacial score (nSPS) is 11.7. The molecule has 0 aliphatic carbocycles. The van der Waals surface area contributed by atoms with Gasteiger partial charge in [0.15, 0.2) is 11.4 Å². The lowest BCUT2D eigenvalue weighted by Crippen LogP contribution is -2.31. The van der Waals surface area contributed by atoms with Crippen LogP contribution < -0.4 is 20.9 Å². The number of ether oxygens (including phenoxy) is 1. The van der Waals surface area contributed by atoms with Crippen molar-refractivity contribution in [1.29, 1.82) is 0 Å². The van der Waals surface area contributed by atoms with Gasteiger partial charge in [-0.15, -0.1) is 0 Å². The second-order valence-corrected chi connectivity index (χ2v) is 9.83. The van der Waals surface area contributed by atoms with Gasteiger partial charge in [0.05, 0.1) is 11.9 Å². The number of benzene rings is 3. The van der Waals surface area contributed by atoms with Crippen LogP contribution in [0.2, 0.25) is 5.02 Å². The molecule has 0 fully saturated rings. The first kappa shape index (κ1) is 26.9. The number of aromatic nitrogens is 2. The van der Waals surface area contributed by atoms with E-state index in [4.69, 9.17) is 16.3 Å². The molecular formula is C30H31ClN4O3. The molecule has 0 saturated carbocycles. The van der Waals surface area contributed by atoms with E-state index in [2.05, 4.69) is 29.6 Å². The molecule has 0 aliphatic rings. The van der Waals surface area contributed by atoms with Crippen molar-refractivity contribution < 1.29 is 9.53 Å². The van der Waals surface area contributed by atoms with Crippen molar-refractivity contribution in [2.45, 2.75) is 46.1 Å². The van der Waals surface area contributed by atoms with E-state index in [0.717, 1.165) is 6.42 Å². The van der Waals surface area contributed by atoms with E-state index in [0.29, 0.717) is 33.6 Å². The minimum Gasteiger partial charge on any atom is -0.453 e. The van der Waals surface area contributed by atoms with E-state index in [1.807, 2.05) is 38.1 Å². The summed E-state index contributed by atoms with van der Waals surface area (Å²) >= 11 is 6.16. The molecule has 2 N–H and O–H groups in total. The summed E-state index contributed by atoms with van der Waals surface area (Å²) in [5, 5.41) is 10.9. The molecule has 38 heavy (non-hydrogen) atoms. The molecule has 1 heterocycles. The molecule has 1 aromatic heterocycles. The molecule has 4 rings (SSSR count). The summed E-state index contributed by atoms with van der Waals surface area (Å²) in [7, 11) is 0. The van der Waals surface area contributed by atoms with Crippen LogP contribution in [0.25, 0.3) is 5.69 Å². The molecule has 8 heteroatoms. The van der Waals surface area contributed by atoms with Gasteiger partial charge in [0.1, 0.15) is 5.75 Å². The minimum absolute atomic E-state index is 0.0475. The van der Waals surface area contributed by atoms with Gasteiger partial charge in [-0.3, -0.25) is 9.59 Å². The fourth-order valence-corrected chi connectivity index (χ4v) is 3.95. The standard InChI is InChI=1S/C30H31ClN4O3/c1-5-20(4)33-29(36)22-8-6-10-24(16-22)34-28-27(38-26-14-12-21(13-15-26)19(2)3)18-32-35(30(28)37)25-11-7-9-23(31)17-25/h6-20,34H,5H2,1-4H3,(H,33,36)/t20-/m0/s1. The third kappa shape index (κ3) is 6.42. The van der Waals surface area contributed by atoms with E-state index in [1.54, 1.807) is 48.5 Å². The van der Waals surface area contributed by atoms with Gasteiger partial charge < -0.3 is 15.4 Å². The Morgan fingerprint density at radius 3 is 2.45 bits per heavy atom. The summed E-state index contributed by atoms with van der Waals surface area (Å²) in [4.78, 5) is 26.4. The molecule has 1 atom stereocenters. The Morgan fingerprint density at radius 1 is 1.03 bits per heavy atom. The fraction of sp³-hybridized carbons (Fsp3) is 0.233. The van der Waals surface area contributed by atoms with Gasteiger partial charge in [0.25, 0.3) is 11.5 Å². The number of hydrogen-bond acceptors (Lipinski definition) is 5. The average Bonchev–Trinajstić information content (AvgIpc) is 2.91. The maximum Gasteiger partial charge on any atom is 0.299 e. The van der Waals surface area contributed by atoms with Crippen molar-refractivity contribution >= 4 is 28.9 Å². The van der Waals surface area contributed by atoms with Crippen LogP contribution in [-0.2, 0) is 0 Å². The molecule has 0 unspecified atom stereocenters. The van der Waals surface area contributed by atoms with E-state index in [1.165, 1.54) is 16.4 Å². The lowest BCUT2D eigenvalue weighted by molar-refractivity contribution is 0.0939. The number of carbonyl (C=O) groups is 1. The number of halogens is 1. The van der Waals surface area contributed by atoms with Crippen molar-refractivity contribution in [3.8, 4) is 17.2 Å². The van der Waals surface area contributed by atoms with Crippen molar-refractivity contribution in [1.82, 2.24) is 15.1 Å². The van der Waals surface area contributed by atoms with Crippen LogP contribution in [0, 0.1) is 0 Å². The number of amides is 1. The van der Waals surface area contributed by atoms with Crippen LogP contribution >= 0.6 is 11.6 Å². The molecule has 196 valence electrons. The Balaban J connectivity index is 1.73. The summed E-state index contributed by atoms with van der Waals surface area (Å²) in [6.07, 6.45) is 2.31. The van der Waals surface area contributed by atoms with E-state index < -0.39 is 5.56 Å². The summed E-state index contributed by atoms with van der Waals surface area (Å²) in [5.74, 6) is 1.02. The highest BCUT2D eigenvalue weighted by molar-refractivity contribution is 6.30. The maximum absolute atomic E-state index is 13.7. The zero-order valence-electron chi connectivity index (χ0n) is 21.9. The number of anilines is 2. The minimum atomic E-state index is -0.432. The van der Waals surface area contributed by atoms with Crippen molar-refractivity contribution in [2.24, 2.45) is 0 Å². The molecule has 0 radical (unpaired) electrons. The number of nitrogens with zero attached hydrogens (tertiary/aromatic N) is 2. The maximum atomic E-state index is 13.7. The first-order chi connectivity index (χ1) is 18.2. The molecule has 0 aliphatic heterocycles. The van der Waals surface area contributed by atoms with E-state index >= 15 is 0 Å². The number of hydrogen-bond donors (Lipinski definition) is 2. The highest BCUT2D eigenvalue weighted by atomic mass is 35.5. The van der Waals surface area contributed by atoms with Crippen molar-refractivity contribution in [2.75, 3.05) is 5.32 Å². The van der Waals surface area contributed by atoms with Gasteiger partial charge in [-0.05, 0) is 73.4 Å². The zero-order valence-corrected chi connectivity index (χ0v) is 22.6. The largest absolute Gasteiger partial charge is 0.453 e. The monoisotopic (exact) mass is 530 g/mol.